The number of benzene rings is 3. The third-order valence-corrected chi connectivity index (χ3v) is 6.05. The van der Waals surface area contributed by atoms with Crippen molar-refractivity contribution in [2.45, 2.75) is 32.4 Å². The summed E-state index contributed by atoms with van der Waals surface area (Å²) in [6.45, 7) is 4.26. The van der Waals surface area contributed by atoms with Crippen LogP contribution in [0.5, 0.6) is 0 Å². The Bertz CT molecular complexity index is 1080. The summed E-state index contributed by atoms with van der Waals surface area (Å²) in [5.74, 6) is 0.0151. The van der Waals surface area contributed by atoms with Gasteiger partial charge in [-0.05, 0) is 42.3 Å². The van der Waals surface area contributed by atoms with Gasteiger partial charge in [0.25, 0.3) is 11.6 Å². The first-order valence-corrected chi connectivity index (χ1v) is 10.5. The van der Waals surface area contributed by atoms with Gasteiger partial charge >= 0.3 is 0 Å². The van der Waals surface area contributed by atoms with Gasteiger partial charge in [-0.1, -0.05) is 50.2 Å². The second-order valence-corrected chi connectivity index (χ2v) is 7.86. The summed E-state index contributed by atoms with van der Waals surface area (Å²) >= 11 is 0. The normalized spacial score (nSPS) is 20.1. The van der Waals surface area contributed by atoms with Crippen molar-refractivity contribution < 1.29 is 9.72 Å². The minimum Gasteiger partial charge on any atom is -0.378 e. The van der Waals surface area contributed by atoms with Crippen molar-refractivity contribution in [3.63, 3.8) is 0 Å². The number of non-ortho nitro benzene ring substituents is 1. The molecule has 0 aromatic heterocycles. The fourth-order valence-corrected chi connectivity index (χ4v) is 4.49. The zero-order chi connectivity index (χ0) is 22.0. The van der Waals surface area contributed by atoms with Gasteiger partial charge in [-0.2, -0.15) is 0 Å². The molecule has 0 bridgehead atoms. The summed E-state index contributed by atoms with van der Waals surface area (Å²) in [7, 11) is 0. The monoisotopic (exact) mass is 415 g/mol. The molecular formula is C25H25N3O3. The van der Waals surface area contributed by atoms with Crippen molar-refractivity contribution >= 4 is 23.0 Å². The van der Waals surface area contributed by atoms with E-state index in [0.717, 1.165) is 23.4 Å². The highest BCUT2D eigenvalue weighted by atomic mass is 16.6. The van der Waals surface area contributed by atoms with Gasteiger partial charge in [0.15, 0.2) is 0 Å². The van der Waals surface area contributed by atoms with Crippen molar-refractivity contribution in [3.8, 4) is 0 Å². The highest BCUT2D eigenvalue weighted by molar-refractivity contribution is 6.07. The smallest absolute Gasteiger partial charge is 0.269 e. The molecule has 0 radical (unpaired) electrons. The molecule has 6 nitrogen and oxygen atoms in total. The van der Waals surface area contributed by atoms with Crippen LogP contribution in [0.3, 0.4) is 0 Å². The predicted molar refractivity (Wildman–Crippen MR) is 122 cm³/mol. The van der Waals surface area contributed by atoms with Crippen LogP contribution in [0.1, 0.15) is 42.2 Å². The van der Waals surface area contributed by atoms with Crippen LogP contribution in [0.2, 0.25) is 0 Å². The van der Waals surface area contributed by atoms with Gasteiger partial charge < -0.3 is 10.2 Å². The van der Waals surface area contributed by atoms with E-state index in [1.807, 2.05) is 53.4 Å². The van der Waals surface area contributed by atoms with Crippen LogP contribution in [0.25, 0.3) is 0 Å². The van der Waals surface area contributed by atoms with Crippen molar-refractivity contribution in [2.24, 2.45) is 5.92 Å². The third kappa shape index (κ3) is 3.89. The molecule has 6 heteroatoms. The van der Waals surface area contributed by atoms with Gasteiger partial charge in [0.1, 0.15) is 0 Å². The number of nitro benzene ring substituents is 1. The number of carbonyl (C=O) groups excluding carboxylic acids is 1. The van der Waals surface area contributed by atoms with E-state index in [2.05, 4.69) is 25.2 Å². The van der Waals surface area contributed by atoms with E-state index in [-0.39, 0.29) is 29.6 Å². The summed E-state index contributed by atoms with van der Waals surface area (Å²) in [5, 5.41) is 14.6. The maximum atomic E-state index is 13.6. The molecule has 1 aliphatic rings. The molecule has 0 unspecified atom stereocenters. The Morgan fingerprint density at radius 3 is 2.29 bits per heavy atom. The zero-order valence-corrected chi connectivity index (χ0v) is 17.6. The van der Waals surface area contributed by atoms with Crippen molar-refractivity contribution in [1.29, 1.82) is 0 Å². The Balaban J connectivity index is 1.74. The van der Waals surface area contributed by atoms with Gasteiger partial charge in [-0.15, -0.1) is 0 Å². The van der Waals surface area contributed by atoms with E-state index < -0.39 is 4.92 Å². The molecule has 3 aromatic rings. The van der Waals surface area contributed by atoms with Crippen LogP contribution in [-0.2, 0) is 0 Å². The minimum atomic E-state index is -0.457. The quantitative estimate of drug-likeness (QED) is 0.421. The Morgan fingerprint density at radius 2 is 1.65 bits per heavy atom. The molecule has 3 atom stereocenters. The lowest BCUT2D eigenvalue weighted by molar-refractivity contribution is -0.384. The molecule has 1 N–H and O–H groups in total. The highest BCUT2D eigenvalue weighted by Crippen LogP contribution is 2.44. The number of nitrogens with zero attached hydrogens (tertiary/aromatic N) is 2. The number of para-hydroxylation sites is 2. The Labute approximate surface area is 181 Å². The second-order valence-electron chi connectivity index (χ2n) is 7.86. The van der Waals surface area contributed by atoms with Crippen LogP contribution in [0, 0.1) is 16.0 Å². The number of amides is 1. The summed E-state index contributed by atoms with van der Waals surface area (Å²) in [4.78, 5) is 25.9. The van der Waals surface area contributed by atoms with Crippen molar-refractivity contribution in [3.05, 3.63) is 100 Å². The molecule has 31 heavy (non-hydrogen) atoms. The molecule has 0 fully saturated rings. The van der Waals surface area contributed by atoms with Crippen molar-refractivity contribution in [1.82, 2.24) is 0 Å². The fourth-order valence-electron chi connectivity index (χ4n) is 4.49. The summed E-state index contributed by atoms with van der Waals surface area (Å²) in [5.41, 5.74) is 3.41. The largest absolute Gasteiger partial charge is 0.378 e. The lowest BCUT2D eigenvalue weighted by Gasteiger charge is -2.45. The third-order valence-electron chi connectivity index (χ3n) is 6.05. The molecule has 158 valence electrons. The number of nitrogens with one attached hydrogen (secondary N) is 1. The van der Waals surface area contributed by atoms with Gasteiger partial charge in [0, 0.05) is 41.0 Å². The van der Waals surface area contributed by atoms with E-state index >= 15 is 0 Å². The number of hydrogen-bond acceptors (Lipinski definition) is 4. The average Bonchev–Trinajstić information content (AvgIpc) is 2.80. The number of hydrogen-bond donors (Lipinski definition) is 1. The van der Waals surface area contributed by atoms with Gasteiger partial charge in [-0.3, -0.25) is 14.9 Å². The Kier molecular flexibility index (Phi) is 5.71. The summed E-state index contributed by atoms with van der Waals surface area (Å²) < 4.78 is 0. The molecule has 3 aromatic carbocycles. The van der Waals surface area contributed by atoms with Gasteiger partial charge in [0.05, 0.1) is 11.0 Å². The molecule has 0 saturated heterocycles. The van der Waals surface area contributed by atoms with E-state index in [9.17, 15) is 14.9 Å². The van der Waals surface area contributed by atoms with Gasteiger partial charge in [0.2, 0.25) is 0 Å². The average molecular weight is 415 g/mol. The van der Waals surface area contributed by atoms with Crippen molar-refractivity contribution in [2.75, 3.05) is 10.2 Å². The van der Waals surface area contributed by atoms with Crippen LogP contribution < -0.4 is 10.2 Å². The second kappa shape index (κ2) is 8.60. The van der Waals surface area contributed by atoms with Crippen LogP contribution in [0.15, 0.2) is 78.9 Å². The first-order chi connectivity index (χ1) is 15.0. The van der Waals surface area contributed by atoms with Crippen LogP contribution >= 0.6 is 0 Å². The first kappa shape index (κ1) is 20.6. The Hall–Kier alpha value is -3.67. The van der Waals surface area contributed by atoms with Crippen LogP contribution in [0.4, 0.5) is 17.1 Å². The standard InChI is InChI=1S/C25H25N3O3/c1-3-22-17(2)24(26-19-9-5-4-6-10-19)21-11-7-8-12-23(21)27(22)25(29)18-13-15-20(16-14-18)28(30)31/h4-17,22,24,26H,3H2,1-2H3/t17-,22+,24-/m1/s1. The SMILES string of the molecule is CC[C@H]1[C@@H](C)[C@@H](Nc2ccccc2)c2ccccc2N1C(=O)c1ccc([N+](=O)[O-])cc1. The lowest BCUT2D eigenvalue weighted by Crippen LogP contribution is -2.50. The van der Waals surface area contributed by atoms with E-state index in [1.165, 1.54) is 24.3 Å². The molecule has 1 amide bonds. The van der Waals surface area contributed by atoms with Crippen LogP contribution in [-0.4, -0.2) is 16.9 Å². The maximum Gasteiger partial charge on any atom is 0.269 e. The van der Waals surface area contributed by atoms with E-state index in [1.54, 1.807) is 0 Å². The predicted octanol–water partition coefficient (Wildman–Crippen LogP) is 5.82. The summed E-state index contributed by atoms with van der Waals surface area (Å²) in [6, 6.07) is 23.9. The maximum absolute atomic E-state index is 13.6. The zero-order valence-electron chi connectivity index (χ0n) is 17.6. The first-order valence-electron chi connectivity index (χ1n) is 10.5. The molecule has 0 spiro atoms. The number of nitro groups is 1. The minimum absolute atomic E-state index is 0.0150. The van der Waals surface area contributed by atoms with Gasteiger partial charge in [-0.25, -0.2) is 0 Å². The summed E-state index contributed by atoms with van der Waals surface area (Å²) in [6.07, 6.45) is 0.793. The number of anilines is 2. The molecule has 4 rings (SSSR count). The highest BCUT2D eigenvalue weighted by Gasteiger charge is 2.40. The molecule has 1 heterocycles. The molecular weight excluding hydrogens is 390 g/mol. The number of rotatable bonds is 5. The molecule has 0 aliphatic carbocycles. The fraction of sp³-hybridized carbons (Fsp3) is 0.240. The number of carbonyl (C=O) groups is 1. The topological polar surface area (TPSA) is 75.5 Å². The van der Waals surface area contributed by atoms with E-state index in [0.29, 0.717) is 5.56 Å². The van der Waals surface area contributed by atoms with E-state index in [4.69, 9.17) is 0 Å². The Morgan fingerprint density at radius 1 is 1.00 bits per heavy atom. The molecule has 0 saturated carbocycles. The molecule has 1 aliphatic heterocycles. The number of fused-ring (bicyclic) bond motifs is 1. The lowest BCUT2D eigenvalue weighted by atomic mass is 9.80.